The van der Waals surface area contributed by atoms with Crippen molar-refractivity contribution >= 4 is 21.8 Å². The van der Waals surface area contributed by atoms with Crippen molar-refractivity contribution in [3.8, 4) is 11.1 Å². The molecule has 0 N–H and O–H groups in total. The minimum Gasteiger partial charge on any atom is -0.173 e. The first-order chi connectivity index (χ1) is 22.1. The Bertz CT molecular complexity index is 1790. The lowest BCUT2D eigenvalue weighted by Gasteiger charge is -2.26. The molecule has 2 unspecified atom stereocenters. The lowest BCUT2D eigenvalue weighted by atomic mass is 10.1. The number of rotatable bonds is 7. The quantitative estimate of drug-likeness (QED) is 0.123. The highest BCUT2D eigenvalue weighted by Gasteiger charge is 2.32. The second-order valence-electron chi connectivity index (χ2n) is 10.5. The fourth-order valence-corrected chi connectivity index (χ4v) is 10.1. The molecule has 6 aromatic rings. The highest BCUT2D eigenvalue weighted by Crippen LogP contribution is 2.54. The lowest BCUT2D eigenvalue weighted by Crippen LogP contribution is -2.05. The number of thiol groups is 2. The van der Waals surface area contributed by atoms with Crippen LogP contribution in [0.5, 0.6) is 0 Å². The van der Waals surface area contributed by atoms with E-state index in [9.17, 15) is 26.3 Å². The molecule has 6 aromatic carbocycles. The minimum absolute atomic E-state index is 0.582. The van der Waals surface area contributed by atoms with Crippen molar-refractivity contribution in [2.75, 3.05) is 0 Å². The molecule has 0 aromatic heterocycles. The monoisotopic (exact) mass is 662 g/mol. The van der Waals surface area contributed by atoms with Crippen molar-refractivity contribution in [1.29, 1.82) is 0 Å². The summed E-state index contributed by atoms with van der Waals surface area (Å²) < 4.78 is 82.2. The Kier molecular flexibility index (Phi) is 9.02. The van der Waals surface area contributed by atoms with Crippen LogP contribution in [-0.4, -0.2) is 0 Å². The average Bonchev–Trinajstić information content (AvgIpc) is 3.06. The first-order valence-electron chi connectivity index (χ1n) is 14.3. The molecular weight excluding hydrogens is 635 g/mol. The summed E-state index contributed by atoms with van der Waals surface area (Å²) in [5, 5.41) is 0. The van der Waals surface area contributed by atoms with Crippen molar-refractivity contribution in [1.82, 2.24) is 0 Å². The van der Waals surface area contributed by atoms with Crippen LogP contribution in [0.3, 0.4) is 0 Å². The Hall–Kier alpha value is -4.40. The fourth-order valence-electron chi connectivity index (χ4n) is 5.34. The third-order valence-corrected chi connectivity index (χ3v) is 12.2. The SMILES string of the molecule is FC(F)(F)c1cccc([SH](c2ccccc2)c2cccc(-c3cccc([SH](c4ccccc4)c4cccc(C(F)(F)F)c4)c3)c2)c1. The number of halogens is 6. The van der Waals surface area contributed by atoms with Gasteiger partial charge in [0.05, 0.1) is 11.1 Å². The van der Waals surface area contributed by atoms with Gasteiger partial charge in [0.2, 0.25) is 0 Å². The highest BCUT2D eigenvalue weighted by atomic mass is 32.2. The average molecular weight is 663 g/mol. The van der Waals surface area contributed by atoms with Gasteiger partial charge in [-0.1, -0.05) is 72.8 Å². The zero-order valence-electron chi connectivity index (χ0n) is 24.2. The molecule has 0 aliphatic rings. The third kappa shape index (κ3) is 7.03. The van der Waals surface area contributed by atoms with Gasteiger partial charge >= 0.3 is 12.4 Å². The normalized spacial score (nSPS) is 14.0. The zero-order chi connectivity index (χ0) is 32.3. The summed E-state index contributed by atoms with van der Waals surface area (Å²) in [5.41, 5.74) is 0.339. The molecular formula is C38H28F6S2. The van der Waals surface area contributed by atoms with Crippen LogP contribution in [0.15, 0.2) is 187 Å². The molecule has 0 bridgehead atoms. The maximum Gasteiger partial charge on any atom is 0.416 e. The summed E-state index contributed by atoms with van der Waals surface area (Å²) in [6.45, 7) is 0. The van der Waals surface area contributed by atoms with Crippen LogP contribution in [-0.2, 0) is 12.4 Å². The standard InChI is InChI=1S/C38H28F6S2/c39-37(40,41)29-13-9-21-35(25-29)45(31-15-3-1-4-16-31)33-19-7-11-27(23-33)28-12-8-20-34(24-28)46(32-17-5-2-6-18-32)36-22-10-14-30(26-36)38(42,43)44/h1-26,45-46H. The molecule has 0 radical (unpaired) electrons. The third-order valence-electron chi connectivity index (χ3n) is 7.43. The van der Waals surface area contributed by atoms with Gasteiger partial charge < -0.3 is 0 Å². The molecule has 0 aliphatic heterocycles. The van der Waals surface area contributed by atoms with E-state index in [-0.39, 0.29) is 0 Å². The maximum absolute atomic E-state index is 13.7. The van der Waals surface area contributed by atoms with Crippen LogP contribution in [0.2, 0.25) is 0 Å². The Labute approximate surface area is 269 Å². The number of hydrogen-bond donors (Lipinski definition) is 2. The smallest absolute Gasteiger partial charge is 0.173 e. The molecule has 0 heterocycles. The van der Waals surface area contributed by atoms with E-state index in [1.807, 2.05) is 109 Å². The molecule has 0 amide bonds. The van der Waals surface area contributed by atoms with E-state index in [0.29, 0.717) is 9.79 Å². The summed E-state index contributed by atoms with van der Waals surface area (Å²) in [4.78, 5) is 4.76. The van der Waals surface area contributed by atoms with Gasteiger partial charge in [-0.25, -0.2) is 0 Å². The Morgan fingerprint density at radius 2 is 0.609 bits per heavy atom. The first kappa shape index (κ1) is 31.6. The number of benzene rings is 6. The zero-order valence-corrected chi connectivity index (χ0v) is 26.0. The largest absolute Gasteiger partial charge is 0.416 e. The molecule has 0 aliphatic carbocycles. The molecule has 2 atom stereocenters. The molecule has 234 valence electrons. The minimum atomic E-state index is -4.47. The molecule has 0 saturated carbocycles. The molecule has 0 saturated heterocycles. The molecule has 0 fully saturated rings. The van der Waals surface area contributed by atoms with Crippen molar-refractivity contribution < 1.29 is 26.3 Å². The topological polar surface area (TPSA) is 0 Å². The molecule has 0 spiro atoms. The van der Waals surface area contributed by atoms with E-state index < -0.39 is 45.3 Å². The molecule has 0 nitrogen and oxygen atoms in total. The van der Waals surface area contributed by atoms with Crippen LogP contribution in [0, 0.1) is 0 Å². The van der Waals surface area contributed by atoms with Crippen LogP contribution in [0.4, 0.5) is 26.3 Å². The van der Waals surface area contributed by atoms with Gasteiger partial charge in [-0.05, 0) is 125 Å². The van der Waals surface area contributed by atoms with Crippen molar-refractivity contribution in [2.45, 2.75) is 41.7 Å². The number of hydrogen-bond acceptors (Lipinski definition) is 0. The molecule has 46 heavy (non-hydrogen) atoms. The predicted octanol–water partition coefficient (Wildman–Crippen LogP) is 12.3. The van der Waals surface area contributed by atoms with E-state index in [0.717, 1.165) is 42.8 Å². The second-order valence-corrected chi connectivity index (χ2v) is 15.0. The van der Waals surface area contributed by atoms with E-state index in [1.54, 1.807) is 12.1 Å². The summed E-state index contributed by atoms with van der Waals surface area (Å²) in [6.07, 6.45) is -8.93. The van der Waals surface area contributed by atoms with Gasteiger partial charge in [0.25, 0.3) is 0 Å². The first-order valence-corrected chi connectivity index (χ1v) is 17.0. The van der Waals surface area contributed by atoms with Crippen LogP contribution in [0.25, 0.3) is 11.1 Å². The molecule has 8 heteroatoms. The second kappa shape index (κ2) is 13.1. The van der Waals surface area contributed by atoms with Gasteiger partial charge in [-0.2, -0.15) is 48.1 Å². The maximum atomic E-state index is 13.7. The Balaban J connectivity index is 1.45. The summed E-state index contributed by atoms with van der Waals surface area (Å²) in [6, 6.07) is 45.6. The van der Waals surface area contributed by atoms with E-state index in [2.05, 4.69) is 0 Å². The van der Waals surface area contributed by atoms with Crippen molar-refractivity contribution in [3.63, 3.8) is 0 Å². The lowest BCUT2D eigenvalue weighted by molar-refractivity contribution is -0.138. The summed E-state index contributed by atoms with van der Waals surface area (Å²) in [5.74, 6) is 0. The summed E-state index contributed by atoms with van der Waals surface area (Å²) in [7, 11) is -2.65. The van der Waals surface area contributed by atoms with Crippen molar-refractivity contribution in [2.24, 2.45) is 0 Å². The highest BCUT2D eigenvalue weighted by molar-refractivity contribution is 8.17. The Morgan fingerprint density at radius 3 is 0.957 bits per heavy atom. The number of alkyl halides is 6. The van der Waals surface area contributed by atoms with Crippen LogP contribution < -0.4 is 0 Å². The van der Waals surface area contributed by atoms with Gasteiger partial charge in [0.15, 0.2) is 0 Å². The van der Waals surface area contributed by atoms with Crippen LogP contribution >= 0.6 is 21.8 Å². The van der Waals surface area contributed by atoms with E-state index in [1.165, 1.54) is 24.3 Å². The van der Waals surface area contributed by atoms with Crippen LogP contribution in [0.1, 0.15) is 11.1 Å². The van der Waals surface area contributed by atoms with Crippen molar-refractivity contribution in [3.05, 3.63) is 169 Å². The Morgan fingerprint density at radius 1 is 0.304 bits per heavy atom. The van der Waals surface area contributed by atoms with Gasteiger partial charge in [-0.3, -0.25) is 0 Å². The van der Waals surface area contributed by atoms with E-state index in [4.69, 9.17) is 0 Å². The van der Waals surface area contributed by atoms with Gasteiger partial charge in [0.1, 0.15) is 0 Å². The summed E-state index contributed by atoms with van der Waals surface area (Å²) >= 11 is 0. The fraction of sp³-hybridized carbons (Fsp3) is 0.0526. The van der Waals surface area contributed by atoms with Gasteiger partial charge in [-0.15, -0.1) is 0 Å². The van der Waals surface area contributed by atoms with E-state index >= 15 is 0 Å². The molecule has 6 rings (SSSR count). The predicted molar refractivity (Wildman–Crippen MR) is 175 cm³/mol. The van der Waals surface area contributed by atoms with Gasteiger partial charge in [0, 0.05) is 0 Å².